The van der Waals surface area contributed by atoms with Gasteiger partial charge < -0.3 is 0 Å². The average molecular weight is 182 g/mol. The molecular weight excluding hydrogens is 168 g/mol. The molecule has 0 aliphatic rings. The highest BCUT2D eigenvalue weighted by molar-refractivity contribution is 6.32. The Kier molecular flexibility index (Phi) is 2.48. The predicted octanol–water partition coefficient (Wildman–Crippen LogP) is 3.82. The van der Waals surface area contributed by atoms with E-state index in [1.807, 2.05) is 12.1 Å². The summed E-state index contributed by atoms with van der Waals surface area (Å²) in [5.74, 6) is 0. The van der Waals surface area contributed by atoms with Crippen LogP contribution in [0.4, 0.5) is 0 Å². The Bertz CT molecular complexity index is 282. The topological polar surface area (TPSA) is 0 Å². The van der Waals surface area contributed by atoms with Crippen molar-refractivity contribution >= 4 is 11.6 Å². The summed E-state index contributed by atoms with van der Waals surface area (Å²) in [7, 11) is 0. The maximum absolute atomic E-state index is 6.12. The molecule has 0 nitrogen and oxygen atoms in total. The summed E-state index contributed by atoms with van der Waals surface area (Å²) >= 11 is 6.12. The van der Waals surface area contributed by atoms with E-state index in [0.717, 1.165) is 16.1 Å². The Labute approximate surface area is 79.6 Å². The van der Waals surface area contributed by atoms with Crippen molar-refractivity contribution in [1.82, 2.24) is 0 Å². The van der Waals surface area contributed by atoms with Crippen molar-refractivity contribution in [2.45, 2.75) is 26.2 Å². The molecule has 0 aliphatic carbocycles. The molecule has 0 spiro atoms. The quantitative estimate of drug-likeness (QED) is 0.571. The fraction of sp³-hybridized carbons (Fsp3) is 0.364. The Morgan fingerprint density at radius 2 is 1.83 bits per heavy atom. The van der Waals surface area contributed by atoms with E-state index in [1.54, 1.807) is 0 Å². The molecule has 1 heteroatoms. The van der Waals surface area contributed by atoms with E-state index in [1.165, 1.54) is 0 Å². The fourth-order valence-electron chi connectivity index (χ4n) is 1.16. The first-order chi connectivity index (χ1) is 5.43. The monoisotopic (exact) mass is 181 g/mol. The summed E-state index contributed by atoms with van der Waals surface area (Å²) in [6.45, 7) is 10.3. The van der Waals surface area contributed by atoms with Gasteiger partial charge in [0.25, 0.3) is 0 Å². The van der Waals surface area contributed by atoms with E-state index in [0.29, 0.717) is 0 Å². The van der Waals surface area contributed by atoms with Crippen molar-refractivity contribution < 1.29 is 0 Å². The van der Waals surface area contributed by atoms with Gasteiger partial charge in [0.05, 0.1) is 0 Å². The van der Waals surface area contributed by atoms with Gasteiger partial charge >= 0.3 is 0 Å². The molecule has 0 bridgehead atoms. The Hall–Kier alpha value is -0.490. The van der Waals surface area contributed by atoms with Gasteiger partial charge in [0.1, 0.15) is 0 Å². The average Bonchev–Trinajstić information content (AvgIpc) is 1.92. The van der Waals surface area contributed by atoms with Crippen molar-refractivity contribution in [1.29, 1.82) is 0 Å². The molecule has 12 heavy (non-hydrogen) atoms. The third-order valence-electron chi connectivity index (χ3n) is 1.89. The second kappa shape index (κ2) is 3.10. The Morgan fingerprint density at radius 1 is 1.25 bits per heavy atom. The number of rotatable bonds is 0. The molecule has 1 rings (SSSR count). The summed E-state index contributed by atoms with van der Waals surface area (Å²) in [4.78, 5) is 0. The fourth-order valence-corrected chi connectivity index (χ4v) is 1.57. The highest BCUT2D eigenvalue weighted by atomic mass is 35.5. The molecule has 0 heterocycles. The molecule has 1 aromatic rings. The molecule has 0 aromatic heterocycles. The maximum Gasteiger partial charge on any atom is 0.0475 e. The van der Waals surface area contributed by atoms with Gasteiger partial charge in [0.2, 0.25) is 0 Å². The van der Waals surface area contributed by atoms with Crippen LogP contribution in [0, 0.1) is 6.92 Å². The van der Waals surface area contributed by atoms with Gasteiger partial charge in [-0.1, -0.05) is 50.6 Å². The molecule has 0 saturated carbocycles. The first kappa shape index (κ1) is 9.60. The number of benzene rings is 1. The van der Waals surface area contributed by atoms with Crippen LogP contribution < -0.4 is 0 Å². The van der Waals surface area contributed by atoms with Gasteiger partial charge in [0.15, 0.2) is 0 Å². The molecule has 0 unspecified atom stereocenters. The van der Waals surface area contributed by atoms with Crippen LogP contribution in [0.1, 0.15) is 31.9 Å². The van der Waals surface area contributed by atoms with Crippen LogP contribution in [0.2, 0.25) is 5.02 Å². The molecule has 65 valence electrons. The van der Waals surface area contributed by atoms with E-state index >= 15 is 0 Å². The molecule has 1 aromatic carbocycles. The summed E-state index contributed by atoms with van der Waals surface area (Å²) in [6, 6.07) is 5.98. The lowest BCUT2D eigenvalue weighted by Crippen LogP contribution is -2.11. The number of hydrogen-bond donors (Lipinski definition) is 0. The van der Waals surface area contributed by atoms with Crippen LogP contribution in [0.15, 0.2) is 18.2 Å². The van der Waals surface area contributed by atoms with Crippen LogP contribution >= 0.6 is 11.6 Å². The molecule has 0 amide bonds. The second-order valence-electron chi connectivity index (χ2n) is 4.03. The largest absolute Gasteiger partial charge is 0.0837 e. The van der Waals surface area contributed by atoms with Crippen molar-refractivity contribution in [3.63, 3.8) is 0 Å². The Balaban J connectivity index is 3.26. The van der Waals surface area contributed by atoms with E-state index in [2.05, 4.69) is 33.8 Å². The zero-order chi connectivity index (χ0) is 9.35. The maximum atomic E-state index is 6.12. The van der Waals surface area contributed by atoms with E-state index in [4.69, 9.17) is 11.6 Å². The summed E-state index contributed by atoms with van der Waals surface area (Å²) in [5.41, 5.74) is 2.17. The zero-order valence-electron chi connectivity index (χ0n) is 7.82. The summed E-state index contributed by atoms with van der Waals surface area (Å²) in [5, 5.41) is 0.796. The van der Waals surface area contributed by atoms with Crippen LogP contribution in [0.25, 0.3) is 0 Å². The third kappa shape index (κ3) is 1.81. The highest BCUT2D eigenvalue weighted by Gasteiger charge is 2.17. The zero-order valence-corrected chi connectivity index (χ0v) is 8.57. The van der Waals surface area contributed by atoms with Crippen molar-refractivity contribution in [2.75, 3.05) is 0 Å². The van der Waals surface area contributed by atoms with Crippen molar-refractivity contribution in [3.05, 3.63) is 41.3 Å². The number of hydrogen-bond acceptors (Lipinski definition) is 0. The van der Waals surface area contributed by atoms with Crippen molar-refractivity contribution in [2.24, 2.45) is 0 Å². The molecular formula is C11H14Cl. The van der Waals surface area contributed by atoms with Crippen LogP contribution in [0.5, 0.6) is 0 Å². The molecule has 1 radical (unpaired) electrons. The van der Waals surface area contributed by atoms with Crippen molar-refractivity contribution in [3.8, 4) is 0 Å². The lowest BCUT2D eigenvalue weighted by Gasteiger charge is -2.21. The van der Waals surface area contributed by atoms with E-state index in [-0.39, 0.29) is 5.41 Å². The van der Waals surface area contributed by atoms with Gasteiger partial charge in [-0.15, -0.1) is 0 Å². The highest BCUT2D eigenvalue weighted by Crippen LogP contribution is 2.30. The van der Waals surface area contributed by atoms with Gasteiger partial charge in [-0.3, -0.25) is 0 Å². The van der Waals surface area contributed by atoms with Gasteiger partial charge in [-0.2, -0.15) is 0 Å². The summed E-state index contributed by atoms with van der Waals surface area (Å²) < 4.78 is 0. The molecule has 0 aliphatic heterocycles. The minimum Gasteiger partial charge on any atom is -0.0837 e. The molecule has 0 saturated heterocycles. The summed E-state index contributed by atoms with van der Waals surface area (Å²) in [6.07, 6.45) is 0. The lowest BCUT2D eigenvalue weighted by molar-refractivity contribution is 0.590. The molecule has 0 fully saturated rings. The van der Waals surface area contributed by atoms with Gasteiger partial charge in [-0.25, -0.2) is 0 Å². The first-order valence-corrected chi connectivity index (χ1v) is 4.41. The molecule has 0 N–H and O–H groups in total. The van der Waals surface area contributed by atoms with Gasteiger partial charge in [0, 0.05) is 5.02 Å². The van der Waals surface area contributed by atoms with Crippen LogP contribution in [0.3, 0.4) is 0 Å². The van der Waals surface area contributed by atoms with Crippen LogP contribution in [-0.4, -0.2) is 0 Å². The Morgan fingerprint density at radius 3 is 2.25 bits per heavy atom. The number of halogens is 1. The predicted molar refractivity (Wildman–Crippen MR) is 54.6 cm³/mol. The third-order valence-corrected chi connectivity index (χ3v) is 2.33. The minimum absolute atomic E-state index is 0.102. The van der Waals surface area contributed by atoms with E-state index < -0.39 is 0 Å². The van der Waals surface area contributed by atoms with Crippen LogP contribution in [-0.2, 0) is 5.41 Å². The SMILES string of the molecule is [CH2]c1cccc(C(C)(C)C)c1Cl. The minimum atomic E-state index is 0.102. The second-order valence-corrected chi connectivity index (χ2v) is 4.41. The first-order valence-electron chi connectivity index (χ1n) is 4.04. The van der Waals surface area contributed by atoms with E-state index in [9.17, 15) is 0 Å². The van der Waals surface area contributed by atoms with Gasteiger partial charge in [-0.05, 0) is 23.5 Å². The standard InChI is InChI=1S/C11H14Cl/c1-8-6-5-7-9(10(8)12)11(2,3)4/h5-7H,1H2,2-4H3. The lowest BCUT2D eigenvalue weighted by atomic mass is 9.86. The normalized spacial score (nSPS) is 11.8. The smallest absolute Gasteiger partial charge is 0.0475 e. The molecule has 0 atom stereocenters.